The number of nitriles is 1. The number of nitrogens with zero attached hydrogens (tertiary/aromatic N) is 1. The first-order valence-electron chi connectivity index (χ1n) is 11.1. The van der Waals surface area contributed by atoms with E-state index in [1.165, 1.54) is 18.6 Å². The normalized spacial score (nSPS) is 14.8. The molecular formula is C25H29FN4O2. The molecule has 1 aliphatic carbocycles. The van der Waals surface area contributed by atoms with Gasteiger partial charge in [0, 0.05) is 30.9 Å². The summed E-state index contributed by atoms with van der Waals surface area (Å²) in [7, 11) is 0. The highest BCUT2D eigenvalue weighted by Crippen LogP contribution is 2.30. The zero-order valence-electron chi connectivity index (χ0n) is 18.1. The van der Waals surface area contributed by atoms with E-state index in [1.807, 2.05) is 6.07 Å². The molecule has 1 unspecified atom stereocenters. The summed E-state index contributed by atoms with van der Waals surface area (Å²) in [6.45, 7) is 1.21. The van der Waals surface area contributed by atoms with Gasteiger partial charge in [-0.15, -0.1) is 0 Å². The highest BCUT2D eigenvalue weighted by Gasteiger charge is 2.29. The molecule has 0 aromatic heterocycles. The Kier molecular flexibility index (Phi) is 8.61. The Morgan fingerprint density at radius 3 is 2.50 bits per heavy atom. The van der Waals surface area contributed by atoms with Crippen LogP contribution in [0, 0.1) is 29.0 Å². The molecule has 0 saturated heterocycles. The number of anilines is 1. The third-order valence-electron chi connectivity index (χ3n) is 5.89. The van der Waals surface area contributed by atoms with Gasteiger partial charge in [0.05, 0.1) is 17.6 Å². The maximum Gasteiger partial charge on any atom is 0.251 e. The van der Waals surface area contributed by atoms with Crippen molar-refractivity contribution in [2.45, 2.75) is 32.1 Å². The largest absolute Gasteiger partial charge is 0.383 e. The molecular weight excluding hydrogens is 407 g/mol. The molecule has 1 fully saturated rings. The Morgan fingerprint density at radius 1 is 1.03 bits per heavy atom. The van der Waals surface area contributed by atoms with Gasteiger partial charge >= 0.3 is 0 Å². The minimum absolute atomic E-state index is 0.0659. The third-order valence-corrected chi connectivity index (χ3v) is 5.89. The van der Waals surface area contributed by atoms with Gasteiger partial charge < -0.3 is 16.0 Å². The summed E-state index contributed by atoms with van der Waals surface area (Å²) in [5.74, 6) is -0.707. The monoisotopic (exact) mass is 436 g/mol. The molecule has 2 aromatic rings. The van der Waals surface area contributed by atoms with E-state index < -0.39 is 0 Å². The number of rotatable bonds is 9. The molecule has 1 aliphatic rings. The van der Waals surface area contributed by atoms with Crippen molar-refractivity contribution in [1.29, 1.82) is 5.26 Å². The van der Waals surface area contributed by atoms with Gasteiger partial charge in [0.1, 0.15) is 5.82 Å². The second kappa shape index (κ2) is 11.8. The van der Waals surface area contributed by atoms with Crippen LogP contribution < -0.4 is 16.0 Å². The Morgan fingerprint density at radius 2 is 1.78 bits per heavy atom. The van der Waals surface area contributed by atoms with Crippen molar-refractivity contribution < 1.29 is 14.0 Å². The highest BCUT2D eigenvalue weighted by molar-refractivity contribution is 5.94. The summed E-state index contributed by atoms with van der Waals surface area (Å²) >= 11 is 0. The van der Waals surface area contributed by atoms with Crippen LogP contribution in [0.15, 0.2) is 48.5 Å². The first-order chi connectivity index (χ1) is 15.6. The lowest BCUT2D eigenvalue weighted by atomic mass is 9.79. The van der Waals surface area contributed by atoms with E-state index >= 15 is 0 Å². The molecule has 2 amide bonds. The number of amides is 2. The molecule has 32 heavy (non-hydrogen) atoms. The summed E-state index contributed by atoms with van der Waals surface area (Å²) in [6.07, 6.45) is 5.33. The van der Waals surface area contributed by atoms with E-state index in [0.717, 1.165) is 31.4 Å². The molecule has 0 bridgehead atoms. The molecule has 1 atom stereocenters. The zero-order chi connectivity index (χ0) is 22.8. The summed E-state index contributed by atoms with van der Waals surface area (Å²) in [5.41, 5.74) is 1.62. The van der Waals surface area contributed by atoms with Crippen molar-refractivity contribution in [3.8, 4) is 6.07 Å². The Balaban J connectivity index is 1.54. The second-order valence-electron chi connectivity index (χ2n) is 8.13. The maximum atomic E-state index is 13.0. The van der Waals surface area contributed by atoms with E-state index in [0.29, 0.717) is 24.2 Å². The van der Waals surface area contributed by atoms with Crippen LogP contribution in [-0.4, -0.2) is 31.4 Å². The number of benzene rings is 2. The number of halogens is 1. The predicted octanol–water partition coefficient (Wildman–Crippen LogP) is 3.85. The van der Waals surface area contributed by atoms with Gasteiger partial charge in [-0.25, -0.2) is 4.39 Å². The average Bonchev–Trinajstić information content (AvgIpc) is 2.83. The second-order valence-corrected chi connectivity index (χ2v) is 8.13. The Hall–Kier alpha value is -3.40. The fourth-order valence-electron chi connectivity index (χ4n) is 4.14. The molecule has 0 radical (unpaired) electrons. The van der Waals surface area contributed by atoms with Gasteiger partial charge in [0.25, 0.3) is 5.91 Å². The van der Waals surface area contributed by atoms with Gasteiger partial charge in [-0.3, -0.25) is 9.59 Å². The van der Waals surface area contributed by atoms with Crippen LogP contribution in [0.4, 0.5) is 10.1 Å². The van der Waals surface area contributed by atoms with Crippen LogP contribution in [-0.2, 0) is 4.79 Å². The number of hydrogen-bond acceptors (Lipinski definition) is 4. The molecule has 3 rings (SSSR count). The molecule has 0 heterocycles. The van der Waals surface area contributed by atoms with Gasteiger partial charge in [-0.2, -0.15) is 5.26 Å². The van der Waals surface area contributed by atoms with Crippen molar-refractivity contribution in [2.24, 2.45) is 11.8 Å². The van der Waals surface area contributed by atoms with Crippen LogP contribution in [0.3, 0.4) is 0 Å². The number of hydrogen-bond donors (Lipinski definition) is 3. The van der Waals surface area contributed by atoms with E-state index in [-0.39, 0.29) is 36.0 Å². The molecule has 6 nitrogen and oxygen atoms in total. The molecule has 3 N–H and O–H groups in total. The van der Waals surface area contributed by atoms with Crippen molar-refractivity contribution >= 4 is 17.5 Å². The SMILES string of the molecule is N#Cc1cccc(C(=O)NCC(C(=O)NCCNc2ccc(F)cc2)C2CCCCC2)c1. The maximum absolute atomic E-state index is 13.0. The first kappa shape index (κ1) is 23.3. The van der Waals surface area contributed by atoms with E-state index in [4.69, 9.17) is 5.26 Å². The van der Waals surface area contributed by atoms with Crippen LogP contribution in [0.25, 0.3) is 0 Å². The lowest BCUT2D eigenvalue weighted by molar-refractivity contribution is -0.126. The lowest BCUT2D eigenvalue weighted by Crippen LogP contribution is -2.44. The molecule has 0 aliphatic heterocycles. The van der Waals surface area contributed by atoms with Gasteiger partial charge in [-0.05, 0) is 61.2 Å². The summed E-state index contributed by atoms with van der Waals surface area (Å²) < 4.78 is 13.0. The lowest BCUT2D eigenvalue weighted by Gasteiger charge is -2.29. The summed E-state index contributed by atoms with van der Waals surface area (Å²) in [4.78, 5) is 25.5. The van der Waals surface area contributed by atoms with Crippen LogP contribution >= 0.6 is 0 Å². The van der Waals surface area contributed by atoms with Crippen molar-refractivity contribution in [1.82, 2.24) is 10.6 Å². The fraction of sp³-hybridized carbons (Fsp3) is 0.400. The van der Waals surface area contributed by atoms with E-state index in [9.17, 15) is 14.0 Å². The smallest absolute Gasteiger partial charge is 0.251 e. The summed E-state index contributed by atoms with van der Waals surface area (Å²) in [6, 6.07) is 14.6. The van der Waals surface area contributed by atoms with Crippen molar-refractivity contribution in [3.63, 3.8) is 0 Å². The molecule has 7 heteroatoms. The predicted molar refractivity (Wildman–Crippen MR) is 121 cm³/mol. The number of carbonyl (C=O) groups excluding carboxylic acids is 2. The van der Waals surface area contributed by atoms with Crippen LogP contribution in [0.1, 0.15) is 48.0 Å². The minimum atomic E-state index is -0.302. The molecule has 2 aromatic carbocycles. The quantitative estimate of drug-likeness (QED) is 0.521. The van der Waals surface area contributed by atoms with Gasteiger partial charge in [-0.1, -0.05) is 25.3 Å². The average molecular weight is 437 g/mol. The Bertz CT molecular complexity index is 949. The standard InChI is InChI=1S/C25H29FN4O2/c26-21-9-11-22(12-10-21)28-13-14-29-25(32)23(19-6-2-1-3-7-19)17-30-24(31)20-8-4-5-18(15-20)16-27/h4-5,8-12,15,19,23,28H,1-3,6-7,13-14,17H2,(H,29,32)(H,30,31). The van der Waals surface area contributed by atoms with Crippen LogP contribution in [0.5, 0.6) is 0 Å². The van der Waals surface area contributed by atoms with E-state index in [2.05, 4.69) is 16.0 Å². The topological polar surface area (TPSA) is 94.0 Å². The van der Waals surface area contributed by atoms with Crippen molar-refractivity contribution in [3.05, 3.63) is 65.5 Å². The number of carbonyl (C=O) groups is 2. The minimum Gasteiger partial charge on any atom is -0.383 e. The highest BCUT2D eigenvalue weighted by atomic mass is 19.1. The third kappa shape index (κ3) is 6.81. The molecule has 0 spiro atoms. The van der Waals surface area contributed by atoms with Crippen LogP contribution in [0.2, 0.25) is 0 Å². The zero-order valence-corrected chi connectivity index (χ0v) is 18.1. The summed E-state index contributed by atoms with van der Waals surface area (Å²) in [5, 5.41) is 18.1. The Labute approximate surface area is 188 Å². The fourth-order valence-corrected chi connectivity index (χ4v) is 4.14. The van der Waals surface area contributed by atoms with Crippen molar-refractivity contribution in [2.75, 3.05) is 25.0 Å². The number of nitrogens with one attached hydrogen (secondary N) is 3. The first-order valence-corrected chi connectivity index (χ1v) is 11.1. The van der Waals surface area contributed by atoms with E-state index in [1.54, 1.807) is 36.4 Å². The van der Waals surface area contributed by atoms with Gasteiger partial charge in [0.2, 0.25) is 5.91 Å². The molecule has 168 valence electrons. The molecule has 1 saturated carbocycles. The van der Waals surface area contributed by atoms with Gasteiger partial charge in [0.15, 0.2) is 0 Å².